The first-order valence-corrected chi connectivity index (χ1v) is 8.95. The molecule has 1 N–H and O–H groups in total. The third-order valence-electron chi connectivity index (χ3n) is 4.07. The molecule has 0 spiro atoms. The first-order valence-electron chi connectivity index (χ1n) is 7.75. The molecule has 0 aliphatic heterocycles. The number of thiazole rings is 1. The predicted octanol–water partition coefficient (Wildman–Crippen LogP) is 4.68. The maximum atomic E-state index is 12.5. The van der Waals surface area contributed by atoms with Crippen LogP contribution in [0.25, 0.3) is 0 Å². The summed E-state index contributed by atoms with van der Waals surface area (Å²) in [5.74, 6) is -0.288. The lowest BCUT2D eigenvalue weighted by molar-refractivity contribution is -0.384. The number of nitrogens with one attached hydrogen (secondary N) is 1. The van der Waals surface area contributed by atoms with Crippen molar-refractivity contribution in [2.45, 2.75) is 38.1 Å². The standard InChI is InChI=1S/C16H16ClN3O3S/c17-12-7-6-10(8-13(12)20(22)23)15(21)14-9-18-16(24-14)19-11-4-2-1-3-5-11/h6-9,11H,1-5H2,(H,18,19). The molecular weight excluding hydrogens is 350 g/mol. The van der Waals surface area contributed by atoms with Gasteiger partial charge >= 0.3 is 0 Å². The van der Waals surface area contributed by atoms with Crippen molar-refractivity contribution in [1.29, 1.82) is 0 Å². The van der Waals surface area contributed by atoms with Crippen molar-refractivity contribution in [1.82, 2.24) is 4.98 Å². The van der Waals surface area contributed by atoms with Gasteiger partial charge in [-0.15, -0.1) is 0 Å². The van der Waals surface area contributed by atoms with Gasteiger partial charge in [0.15, 0.2) is 5.13 Å². The van der Waals surface area contributed by atoms with Gasteiger partial charge < -0.3 is 5.32 Å². The number of benzene rings is 1. The number of hydrogen-bond donors (Lipinski definition) is 1. The molecule has 0 atom stereocenters. The lowest BCUT2D eigenvalue weighted by Crippen LogP contribution is -2.21. The van der Waals surface area contributed by atoms with Crippen LogP contribution >= 0.6 is 22.9 Å². The second-order valence-corrected chi connectivity index (χ2v) is 7.20. The Morgan fingerprint density at radius 2 is 2.08 bits per heavy atom. The topological polar surface area (TPSA) is 85.1 Å². The van der Waals surface area contributed by atoms with Crippen LogP contribution < -0.4 is 5.32 Å². The van der Waals surface area contributed by atoms with Crippen molar-refractivity contribution in [3.05, 3.63) is 50.0 Å². The molecule has 0 unspecified atom stereocenters. The Hall–Kier alpha value is -1.99. The molecule has 0 bridgehead atoms. The highest BCUT2D eigenvalue weighted by molar-refractivity contribution is 7.17. The van der Waals surface area contributed by atoms with E-state index < -0.39 is 4.92 Å². The summed E-state index contributed by atoms with van der Waals surface area (Å²) in [7, 11) is 0. The Morgan fingerprint density at radius 1 is 1.33 bits per heavy atom. The summed E-state index contributed by atoms with van der Waals surface area (Å²) in [4.78, 5) is 27.6. The molecular formula is C16H16ClN3O3S. The Kier molecular flexibility index (Phi) is 5.11. The summed E-state index contributed by atoms with van der Waals surface area (Å²) in [5, 5.41) is 15.1. The third kappa shape index (κ3) is 3.73. The largest absolute Gasteiger partial charge is 0.359 e. The zero-order chi connectivity index (χ0) is 17.1. The SMILES string of the molecule is O=C(c1ccc(Cl)c([N+](=O)[O-])c1)c1cnc(NC2CCCCC2)s1. The van der Waals surface area contributed by atoms with E-state index in [1.165, 1.54) is 55.0 Å². The van der Waals surface area contributed by atoms with Gasteiger partial charge in [0.1, 0.15) is 5.02 Å². The van der Waals surface area contributed by atoms with Crippen molar-refractivity contribution in [3.63, 3.8) is 0 Å². The van der Waals surface area contributed by atoms with Crippen LogP contribution in [0.2, 0.25) is 5.02 Å². The maximum absolute atomic E-state index is 12.5. The van der Waals surface area contributed by atoms with E-state index in [2.05, 4.69) is 10.3 Å². The quantitative estimate of drug-likeness (QED) is 0.472. The van der Waals surface area contributed by atoms with Crippen LogP contribution in [0.5, 0.6) is 0 Å². The van der Waals surface area contributed by atoms with Crippen LogP contribution in [0.1, 0.15) is 47.3 Å². The van der Waals surface area contributed by atoms with E-state index in [1.807, 2.05) is 0 Å². The maximum Gasteiger partial charge on any atom is 0.288 e. The van der Waals surface area contributed by atoms with E-state index in [0.29, 0.717) is 16.1 Å². The minimum absolute atomic E-state index is 0.0144. The molecule has 1 heterocycles. The summed E-state index contributed by atoms with van der Waals surface area (Å²) >= 11 is 7.06. The molecule has 126 valence electrons. The number of nitro groups is 1. The zero-order valence-corrected chi connectivity index (χ0v) is 14.4. The summed E-state index contributed by atoms with van der Waals surface area (Å²) in [5.41, 5.74) is -0.0356. The third-order valence-corrected chi connectivity index (χ3v) is 5.31. The molecule has 1 aliphatic rings. The number of carbonyl (C=O) groups excluding carboxylic acids is 1. The second kappa shape index (κ2) is 7.27. The van der Waals surface area contributed by atoms with Gasteiger partial charge in [-0.2, -0.15) is 0 Å². The van der Waals surface area contributed by atoms with Crippen LogP contribution in [0, 0.1) is 10.1 Å². The van der Waals surface area contributed by atoms with Gasteiger partial charge in [0, 0.05) is 17.7 Å². The molecule has 1 aromatic carbocycles. The minimum atomic E-state index is -0.595. The van der Waals surface area contributed by atoms with Crippen LogP contribution in [0.4, 0.5) is 10.8 Å². The van der Waals surface area contributed by atoms with Gasteiger partial charge in [-0.25, -0.2) is 4.98 Å². The first kappa shape index (κ1) is 16.9. The van der Waals surface area contributed by atoms with Crippen LogP contribution in [-0.2, 0) is 0 Å². The Bertz CT molecular complexity index is 772. The van der Waals surface area contributed by atoms with Gasteiger partial charge in [-0.05, 0) is 25.0 Å². The number of nitrogens with zero attached hydrogens (tertiary/aromatic N) is 2. The Balaban J connectivity index is 1.76. The molecule has 0 saturated heterocycles. The molecule has 0 amide bonds. The predicted molar refractivity (Wildman–Crippen MR) is 94.1 cm³/mol. The molecule has 1 aliphatic carbocycles. The monoisotopic (exact) mass is 365 g/mol. The number of halogens is 1. The highest BCUT2D eigenvalue weighted by atomic mass is 35.5. The number of rotatable bonds is 5. The molecule has 2 aromatic rings. The summed E-state index contributed by atoms with van der Waals surface area (Å²) in [6.45, 7) is 0. The van der Waals surface area contributed by atoms with Gasteiger partial charge in [-0.1, -0.05) is 42.2 Å². The molecule has 24 heavy (non-hydrogen) atoms. The van der Waals surface area contributed by atoms with Crippen LogP contribution in [-0.4, -0.2) is 21.7 Å². The highest BCUT2D eigenvalue weighted by Crippen LogP contribution is 2.29. The van der Waals surface area contributed by atoms with Crippen LogP contribution in [0.3, 0.4) is 0 Å². The fourth-order valence-corrected chi connectivity index (χ4v) is 3.85. The number of aromatic nitrogens is 1. The normalized spacial score (nSPS) is 15.2. The van der Waals surface area contributed by atoms with E-state index >= 15 is 0 Å². The lowest BCUT2D eigenvalue weighted by Gasteiger charge is -2.22. The number of hydrogen-bond acceptors (Lipinski definition) is 6. The fraction of sp³-hybridized carbons (Fsp3) is 0.375. The smallest absolute Gasteiger partial charge is 0.288 e. The average molecular weight is 366 g/mol. The summed E-state index contributed by atoms with van der Waals surface area (Å²) in [6.07, 6.45) is 7.44. The first-order chi connectivity index (χ1) is 11.5. The second-order valence-electron chi connectivity index (χ2n) is 5.76. The van der Waals surface area contributed by atoms with E-state index in [1.54, 1.807) is 0 Å². The summed E-state index contributed by atoms with van der Waals surface area (Å²) < 4.78 is 0. The highest BCUT2D eigenvalue weighted by Gasteiger charge is 2.20. The molecule has 6 nitrogen and oxygen atoms in total. The molecule has 0 radical (unpaired) electrons. The van der Waals surface area contributed by atoms with E-state index in [4.69, 9.17) is 11.6 Å². The van der Waals surface area contributed by atoms with Gasteiger partial charge in [0.2, 0.25) is 5.78 Å². The van der Waals surface area contributed by atoms with Crippen molar-refractivity contribution in [3.8, 4) is 0 Å². The Labute approximate surface area is 148 Å². The van der Waals surface area contributed by atoms with Crippen molar-refractivity contribution < 1.29 is 9.72 Å². The molecule has 1 fully saturated rings. The van der Waals surface area contributed by atoms with Crippen LogP contribution in [0.15, 0.2) is 24.4 Å². The summed E-state index contributed by atoms with van der Waals surface area (Å²) in [6, 6.07) is 4.48. The minimum Gasteiger partial charge on any atom is -0.359 e. The Morgan fingerprint density at radius 3 is 2.79 bits per heavy atom. The van der Waals surface area contributed by atoms with E-state index in [9.17, 15) is 14.9 Å². The van der Waals surface area contributed by atoms with Gasteiger partial charge in [0.25, 0.3) is 5.69 Å². The molecule has 1 saturated carbocycles. The lowest BCUT2D eigenvalue weighted by atomic mass is 9.96. The van der Waals surface area contributed by atoms with Gasteiger partial charge in [-0.3, -0.25) is 14.9 Å². The van der Waals surface area contributed by atoms with Crippen molar-refractivity contribution in [2.75, 3.05) is 5.32 Å². The van der Waals surface area contributed by atoms with Crippen molar-refractivity contribution in [2.24, 2.45) is 0 Å². The molecule has 8 heteroatoms. The zero-order valence-electron chi connectivity index (χ0n) is 12.8. The fourth-order valence-electron chi connectivity index (χ4n) is 2.80. The van der Waals surface area contributed by atoms with E-state index in [-0.39, 0.29) is 22.1 Å². The number of anilines is 1. The van der Waals surface area contributed by atoms with E-state index in [0.717, 1.165) is 12.8 Å². The number of carbonyl (C=O) groups is 1. The van der Waals surface area contributed by atoms with Gasteiger partial charge in [0.05, 0.1) is 16.0 Å². The number of nitro benzene ring substituents is 1. The molecule has 3 rings (SSSR count). The van der Waals surface area contributed by atoms with Crippen molar-refractivity contribution >= 4 is 39.5 Å². The average Bonchev–Trinajstić information content (AvgIpc) is 3.04. The molecule has 1 aromatic heterocycles. The number of ketones is 1.